The lowest BCUT2D eigenvalue weighted by molar-refractivity contribution is -0.119. The zero-order valence-electron chi connectivity index (χ0n) is 11.0. The van der Waals surface area contributed by atoms with Gasteiger partial charge in [0.2, 0.25) is 5.91 Å². The van der Waals surface area contributed by atoms with Crippen LogP contribution in [0.15, 0.2) is 18.2 Å². The Kier molecular flexibility index (Phi) is 5.01. The van der Waals surface area contributed by atoms with E-state index in [2.05, 4.69) is 0 Å². The number of carbonyl (C=O) groups is 1. The van der Waals surface area contributed by atoms with E-state index in [-0.39, 0.29) is 5.91 Å². The predicted octanol–water partition coefficient (Wildman–Crippen LogP) is 3.12. The first-order chi connectivity index (χ1) is 8.18. The lowest BCUT2D eigenvalue weighted by atomic mass is 10.1. The summed E-state index contributed by atoms with van der Waals surface area (Å²) in [5.74, 6) is 0.231. The van der Waals surface area contributed by atoms with Crippen molar-refractivity contribution in [2.45, 2.75) is 40.0 Å². The molecule has 1 aromatic rings. The maximum absolute atomic E-state index is 11.7. The average molecular weight is 234 g/mol. The molecule has 1 fully saturated rings. The van der Waals surface area contributed by atoms with E-state index in [0.29, 0.717) is 6.42 Å². The van der Waals surface area contributed by atoms with Crippen LogP contribution in [0.25, 0.3) is 0 Å². The van der Waals surface area contributed by atoms with E-state index in [0.717, 1.165) is 36.3 Å². The average Bonchev–Trinajstić information content (AvgIpc) is 2.33. The largest absolute Gasteiger partial charge is 0.399 e. The van der Waals surface area contributed by atoms with Crippen LogP contribution in [0.5, 0.6) is 0 Å². The topological polar surface area (TPSA) is 46.3 Å². The van der Waals surface area contributed by atoms with Crippen LogP contribution in [0.1, 0.15) is 38.7 Å². The van der Waals surface area contributed by atoms with Gasteiger partial charge in [-0.3, -0.25) is 4.79 Å². The molecule has 2 rings (SSSR count). The van der Waals surface area contributed by atoms with Gasteiger partial charge < -0.3 is 10.6 Å². The summed E-state index contributed by atoms with van der Waals surface area (Å²) in [6, 6.07) is 5.70. The Hall–Kier alpha value is -1.51. The number of benzene rings is 1. The molecule has 1 saturated heterocycles. The summed E-state index contributed by atoms with van der Waals surface area (Å²) in [4.78, 5) is 13.6. The first-order valence-electron chi connectivity index (χ1n) is 6.35. The molecule has 0 saturated carbocycles. The Labute approximate surface area is 104 Å². The number of anilines is 2. The maximum atomic E-state index is 11.7. The second-order valence-electron chi connectivity index (χ2n) is 4.05. The molecule has 1 aliphatic rings. The Balaban J connectivity index is 0.000000686. The van der Waals surface area contributed by atoms with Gasteiger partial charge in [0.25, 0.3) is 0 Å². The highest BCUT2D eigenvalue weighted by molar-refractivity contribution is 5.94. The number of nitrogens with zero attached hydrogens (tertiary/aromatic N) is 1. The normalized spacial score (nSPS) is 15.2. The van der Waals surface area contributed by atoms with Gasteiger partial charge in [-0.25, -0.2) is 0 Å². The van der Waals surface area contributed by atoms with E-state index in [1.54, 1.807) is 0 Å². The van der Waals surface area contributed by atoms with Crippen LogP contribution in [0.4, 0.5) is 11.4 Å². The van der Waals surface area contributed by atoms with Gasteiger partial charge in [-0.1, -0.05) is 13.8 Å². The fourth-order valence-corrected chi connectivity index (χ4v) is 2.04. The molecule has 94 valence electrons. The third kappa shape index (κ3) is 3.22. The third-order valence-corrected chi connectivity index (χ3v) is 2.84. The smallest absolute Gasteiger partial charge is 0.226 e. The van der Waals surface area contributed by atoms with Crippen LogP contribution < -0.4 is 10.6 Å². The van der Waals surface area contributed by atoms with Crippen molar-refractivity contribution in [1.82, 2.24) is 0 Å². The number of nitrogens with two attached hydrogens (primary N) is 1. The molecule has 1 aromatic carbocycles. The van der Waals surface area contributed by atoms with Crippen LogP contribution >= 0.6 is 0 Å². The van der Waals surface area contributed by atoms with Crippen molar-refractivity contribution < 1.29 is 4.79 Å². The zero-order chi connectivity index (χ0) is 12.8. The summed E-state index contributed by atoms with van der Waals surface area (Å²) in [6.07, 6.45) is 2.78. The van der Waals surface area contributed by atoms with Gasteiger partial charge in [-0.05, 0) is 43.5 Å². The number of nitrogen functional groups attached to an aromatic ring is 1. The highest BCUT2D eigenvalue weighted by Crippen LogP contribution is 2.25. The highest BCUT2D eigenvalue weighted by Gasteiger charge is 2.20. The molecule has 1 aliphatic heterocycles. The molecule has 0 bridgehead atoms. The number of hydrogen-bond acceptors (Lipinski definition) is 2. The minimum atomic E-state index is 0.231. The van der Waals surface area contributed by atoms with Crippen LogP contribution in [0.2, 0.25) is 0 Å². The van der Waals surface area contributed by atoms with E-state index in [1.807, 2.05) is 43.9 Å². The molecule has 0 radical (unpaired) electrons. The second kappa shape index (κ2) is 6.28. The van der Waals surface area contributed by atoms with Crippen molar-refractivity contribution in [2.75, 3.05) is 17.2 Å². The molecule has 0 unspecified atom stereocenters. The van der Waals surface area contributed by atoms with E-state index < -0.39 is 0 Å². The van der Waals surface area contributed by atoms with E-state index in [4.69, 9.17) is 5.73 Å². The van der Waals surface area contributed by atoms with E-state index in [1.165, 1.54) is 0 Å². The summed E-state index contributed by atoms with van der Waals surface area (Å²) < 4.78 is 0. The van der Waals surface area contributed by atoms with Gasteiger partial charge in [0.1, 0.15) is 0 Å². The first kappa shape index (κ1) is 13.6. The van der Waals surface area contributed by atoms with Crippen LogP contribution in [0, 0.1) is 6.92 Å². The van der Waals surface area contributed by atoms with Crippen molar-refractivity contribution in [2.24, 2.45) is 0 Å². The maximum Gasteiger partial charge on any atom is 0.226 e. The minimum absolute atomic E-state index is 0.231. The number of rotatable bonds is 1. The number of piperidine rings is 1. The van der Waals surface area contributed by atoms with Gasteiger partial charge in [0.05, 0.1) is 0 Å². The van der Waals surface area contributed by atoms with Gasteiger partial charge in [-0.2, -0.15) is 0 Å². The first-order valence-corrected chi connectivity index (χ1v) is 6.35. The predicted molar refractivity (Wildman–Crippen MR) is 73.1 cm³/mol. The van der Waals surface area contributed by atoms with Crippen molar-refractivity contribution in [1.29, 1.82) is 0 Å². The Morgan fingerprint density at radius 2 is 1.94 bits per heavy atom. The summed E-state index contributed by atoms with van der Waals surface area (Å²) >= 11 is 0. The van der Waals surface area contributed by atoms with Crippen molar-refractivity contribution in [3.05, 3.63) is 23.8 Å². The monoisotopic (exact) mass is 234 g/mol. The molecule has 2 N–H and O–H groups in total. The summed E-state index contributed by atoms with van der Waals surface area (Å²) in [7, 11) is 0. The van der Waals surface area contributed by atoms with Crippen molar-refractivity contribution >= 4 is 17.3 Å². The van der Waals surface area contributed by atoms with Crippen LogP contribution in [-0.2, 0) is 4.79 Å². The van der Waals surface area contributed by atoms with E-state index in [9.17, 15) is 4.79 Å². The van der Waals surface area contributed by atoms with Gasteiger partial charge >= 0.3 is 0 Å². The van der Waals surface area contributed by atoms with Crippen molar-refractivity contribution in [3.8, 4) is 0 Å². The molecule has 0 aliphatic carbocycles. The molecular weight excluding hydrogens is 212 g/mol. The lowest BCUT2D eigenvalue weighted by Gasteiger charge is -2.28. The number of hydrogen-bond donors (Lipinski definition) is 1. The molecular formula is C14H22N2O. The molecule has 17 heavy (non-hydrogen) atoms. The zero-order valence-corrected chi connectivity index (χ0v) is 11.0. The molecule has 3 heteroatoms. The van der Waals surface area contributed by atoms with Gasteiger partial charge in [-0.15, -0.1) is 0 Å². The summed E-state index contributed by atoms with van der Waals surface area (Å²) in [6.45, 7) is 6.83. The number of carbonyl (C=O) groups excluding carboxylic acids is 1. The molecule has 1 heterocycles. The molecule has 3 nitrogen and oxygen atoms in total. The van der Waals surface area contributed by atoms with Crippen LogP contribution in [-0.4, -0.2) is 12.5 Å². The minimum Gasteiger partial charge on any atom is -0.399 e. The molecule has 0 aromatic heterocycles. The number of amides is 1. The van der Waals surface area contributed by atoms with Gasteiger partial charge in [0.15, 0.2) is 0 Å². The lowest BCUT2D eigenvalue weighted by Crippen LogP contribution is -2.35. The fraction of sp³-hybridized carbons (Fsp3) is 0.500. The highest BCUT2D eigenvalue weighted by atomic mass is 16.2. The Morgan fingerprint density at radius 1 is 1.24 bits per heavy atom. The molecule has 1 amide bonds. The standard InChI is InChI=1S/C12H16N2O.C2H6/c1-9-8-10(13)5-6-11(9)14-7-3-2-4-12(14)15;1-2/h5-6,8H,2-4,7,13H2,1H3;1-2H3. The Morgan fingerprint density at radius 3 is 2.53 bits per heavy atom. The van der Waals surface area contributed by atoms with Crippen LogP contribution in [0.3, 0.4) is 0 Å². The van der Waals surface area contributed by atoms with Gasteiger partial charge in [0, 0.05) is 24.3 Å². The van der Waals surface area contributed by atoms with E-state index >= 15 is 0 Å². The summed E-state index contributed by atoms with van der Waals surface area (Å²) in [5, 5.41) is 0. The second-order valence-corrected chi connectivity index (χ2v) is 4.05. The van der Waals surface area contributed by atoms with Crippen molar-refractivity contribution in [3.63, 3.8) is 0 Å². The molecule has 0 atom stereocenters. The fourth-order valence-electron chi connectivity index (χ4n) is 2.04. The quantitative estimate of drug-likeness (QED) is 0.759. The number of aryl methyl sites for hydroxylation is 1. The summed E-state index contributed by atoms with van der Waals surface area (Å²) in [5.41, 5.74) is 8.52. The Bertz CT molecular complexity index is 388. The molecule has 0 spiro atoms. The third-order valence-electron chi connectivity index (χ3n) is 2.84. The SMILES string of the molecule is CC.Cc1cc(N)ccc1N1CCCCC1=O.